The van der Waals surface area contributed by atoms with Crippen molar-refractivity contribution in [3.8, 4) is 17.6 Å². The van der Waals surface area contributed by atoms with Gasteiger partial charge in [-0.15, -0.1) is 10.2 Å². The lowest BCUT2D eigenvalue weighted by atomic mass is 9.52. The number of aryl methyl sites for hydroxylation is 1. The van der Waals surface area contributed by atoms with Crippen molar-refractivity contribution in [1.29, 1.82) is 5.26 Å². The maximum Gasteiger partial charge on any atom is 0.223 e. The second kappa shape index (κ2) is 7.48. The van der Waals surface area contributed by atoms with Crippen LogP contribution in [0, 0.1) is 22.7 Å². The van der Waals surface area contributed by atoms with E-state index in [1.807, 2.05) is 61.9 Å². The molecule has 5 rings (SSSR count). The third kappa shape index (κ3) is 3.14. The van der Waals surface area contributed by atoms with Crippen LogP contribution in [0.5, 0.6) is 0 Å². The minimum absolute atomic E-state index is 0.0666. The van der Waals surface area contributed by atoms with Crippen molar-refractivity contribution in [3.63, 3.8) is 0 Å². The molecule has 2 aliphatic rings. The van der Waals surface area contributed by atoms with E-state index >= 15 is 0 Å². The molecule has 0 radical (unpaired) electrons. The molecule has 0 aliphatic heterocycles. The van der Waals surface area contributed by atoms with Crippen LogP contribution in [0.2, 0.25) is 0 Å². The highest BCUT2D eigenvalue weighted by Crippen LogP contribution is 2.55. The zero-order valence-corrected chi connectivity index (χ0v) is 19.4. The van der Waals surface area contributed by atoms with Crippen molar-refractivity contribution in [1.82, 2.24) is 30.0 Å². The van der Waals surface area contributed by atoms with Crippen LogP contribution in [0.25, 0.3) is 11.5 Å². The van der Waals surface area contributed by atoms with Crippen molar-refractivity contribution >= 4 is 5.78 Å². The zero-order chi connectivity index (χ0) is 23.4. The van der Waals surface area contributed by atoms with Crippen LogP contribution in [0.15, 0.2) is 42.0 Å². The normalized spacial score (nSPS) is 23.4. The molecule has 168 valence electrons. The molecule has 33 heavy (non-hydrogen) atoms. The highest BCUT2D eigenvalue weighted by atomic mass is 16.1. The van der Waals surface area contributed by atoms with Crippen LogP contribution in [-0.4, -0.2) is 35.8 Å². The number of Topliss-reactive ketones (excluding diaryl/α,β-unsaturated/α-hetero) is 1. The minimum Gasteiger partial charge on any atom is -0.293 e. The van der Waals surface area contributed by atoms with E-state index in [1.165, 1.54) is 0 Å². The molecule has 8 nitrogen and oxygen atoms in total. The number of benzene rings is 1. The maximum atomic E-state index is 12.9. The van der Waals surface area contributed by atoms with Gasteiger partial charge >= 0.3 is 0 Å². The molecule has 0 amide bonds. The third-order valence-corrected chi connectivity index (χ3v) is 7.36. The topological polar surface area (TPSA) is 102 Å². The molecule has 0 saturated carbocycles. The molecule has 2 heterocycles. The predicted molar refractivity (Wildman–Crippen MR) is 122 cm³/mol. The Labute approximate surface area is 192 Å². The van der Waals surface area contributed by atoms with Crippen molar-refractivity contribution in [2.24, 2.45) is 11.3 Å². The first kappa shape index (κ1) is 21.3. The van der Waals surface area contributed by atoms with Gasteiger partial charge in [0.2, 0.25) is 5.82 Å². The van der Waals surface area contributed by atoms with Gasteiger partial charge in [0.05, 0.1) is 17.8 Å². The van der Waals surface area contributed by atoms with E-state index in [1.54, 1.807) is 4.80 Å². The summed E-state index contributed by atoms with van der Waals surface area (Å²) in [6.07, 6.45) is 3.46. The lowest BCUT2D eigenvalue weighted by Gasteiger charge is -2.49. The van der Waals surface area contributed by atoms with E-state index in [0.717, 1.165) is 35.4 Å². The second-order valence-electron chi connectivity index (χ2n) is 9.72. The van der Waals surface area contributed by atoms with Crippen molar-refractivity contribution in [3.05, 3.63) is 58.8 Å². The Bertz CT molecular complexity index is 1310. The first-order valence-corrected chi connectivity index (χ1v) is 11.4. The lowest BCUT2D eigenvalue weighted by Crippen LogP contribution is -2.51. The molecular weight excluding hydrogens is 414 g/mol. The van der Waals surface area contributed by atoms with Crippen LogP contribution < -0.4 is 0 Å². The van der Waals surface area contributed by atoms with Crippen LogP contribution >= 0.6 is 0 Å². The molecule has 0 fully saturated rings. The highest BCUT2D eigenvalue weighted by Gasteiger charge is 2.55. The van der Waals surface area contributed by atoms with Gasteiger partial charge in [-0.05, 0) is 36.5 Å². The third-order valence-electron chi connectivity index (χ3n) is 7.36. The van der Waals surface area contributed by atoms with E-state index in [4.69, 9.17) is 5.10 Å². The van der Waals surface area contributed by atoms with Crippen LogP contribution in [-0.2, 0) is 29.7 Å². The fraction of sp³-hybridized carbons (Fsp3) is 0.440. The van der Waals surface area contributed by atoms with Gasteiger partial charge in [-0.1, -0.05) is 57.2 Å². The second-order valence-corrected chi connectivity index (χ2v) is 9.72. The number of nitriles is 1. The Kier molecular flexibility index (Phi) is 4.82. The molecule has 0 spiro atoms. The van der Waals surface area contributed by atoms with Crippen molar-refractivity contribution < 1.29 is 4.79 Å². The lowest BCUT2D eigenvalue weighted by molar-refractivity contribution is -0.128. The summed E-state index contributed by atoms with van der Waals surface area (Å²) in [5, 5.41) is 28.0. The summed E-state index contributed by atoms with van der Waals surface area (Å²) in [6, 6.07) is 12.2. The molecule has 2 aliphatic carbocycles. The molecule has 2 aromatic heterocycles. The first-order chi connectivity index (χ1) is 15.8. The number of allylic oxidation sites excluding steroid dienone is 2. The average Bonchev–Trinajstić information content (AvgIpc) is 3.41. The number of hydrogen-bond donors (Lipinski definition) is 0. The van der Waals surface area contributed by atoms with Gasteiger partial charge in [0.1, 0.15) is 11.8 Å². The van der Waals surface area contributed by atoms with Gasteiger partial charge in [-0.3, -0.25) is 9.48 Å². The smallest absolute Gasteiger partial charge is 0.223 e. The summed E-state index contributed by atoms with van der Waals surface area (Å²) in [6.45, 7) is 9.27. The quantitative estimate of drug-likeness (QED) is 0.614. The number of carbonyl (C=O) groups excluding carboxylic acids is 1. The average molecular weight is 442 g/mol. The summed E-state index contributed by atoms with van der Waals surface area (Å²) in [5.41, 5.74) is 3.09. The van der Waals surface area contributed by atoms with E-state index in [-0.39, 0.29) is 17.3 Å². The molecular formula is C25H27N7O. The summed E-state index contributed by atoms with van der Waals surface area (Å²) >= 11 is 0. The van der Waals surface area contributed by atoms with Gasteiger partial charge in [0.25, 0.3) is 0 Å². The fourth-order valence-corrected chi connectivity index (χ4v) is 5.79. The maximum absolute atomic E-state index is 12.9. The molecule has 0 bridgehead atoms. The number of nitrogens with zero attached hydrogens (tertiary/aromatic N) is 7. The van der Waals surface area contributed by atoms with Gasteiger partial charge in [-0.2, -0.15) is 15.2 Å². The van der Waals surface area contributed by atoms with Gasteiger partial charge in [-0.25, -0.2) is 0 Å². The largest absolute Gasteiger partial charge is 0.293 e. The number of tetrazole rings is 1. The van der Waals surface area contributed by atoms with Crippen molar-refractivity contribution in [2.75, 3.05) is 0 Å². The molecule has 0 saturated heterocycles. The Morgan fingerprint density at radius 2 is 1.94 bits per heavy atom. The number of rotatable bonds is 4. The molecule has 2 unspecified atom stereocenters. The summed E-state index contributed by atoms with van der Waals surface area (Å²) in [4.78, 5) is 14.5. The molecule has 8 heteroatoms. The molecule has 2 atom stereocenters. The van der Waals surface area contributed by atoms with E-state index in [9.17, 15) is 10.1 Å². The van der Waals surface area contributed by atoms with Gasteiger partial charge < -0.3 is 0 Å². The van der Waals surface area contributed by atoms with E-state index in [2.05, 4.69) is 28.4 Å². The Hall–Kier alpha value is -3.60. The predicted octanol–water partition coefficient (Wildman–Crippen LogP) is 3.48. The Morgan fingerprint density at radius 3 is 2.64 bits per heavy atom. The first-order valence-electron chi connectivity index (χ1n) is 11.4. The summed E-state index contributed by atoms with van der Waals surface area (Å²) in [5.74, 6) is 0.549. The van der Waals surface area contributed by atoms with E-state index in [0.29, 0.717) is 18.9 Å². The number of aromatic nitrogens is 6. The van der Waals surface area contributed by atoms with Crippen molar-refractivity contribution in [2.45, 2.75) is 59.0 Å². The van der Waals surface area contributed by atoms with Crippen LogP contribution in [0.3, 0.4) is 0 Å². The Morgan fingerprint density at radius 1 is 1.18 bits per heavy atom. The highest BCUT2D eigenvalue weighted by molar-refractivity contribution is 6.04. The number of carbonyl (C=O) groups is 1. The van der Waals surface area contributed by atoms with Gasteiger partial charge in [0.15, 0.2) is 5.78 Å². The van der Waals surface area contributed by atoms with Crippen LogP contribution in [0.1, 0.15) is 50.9 Å². The van der Waals surface area contributed by atoms with E-state index < -0.39 is 10.8 Å². The summed E-state index contributed by atoms with van der Waals surface area (Å²) < 4.78 is 1.94. The summed E-state index contributed by atoms with van der Waals surface area (Å²) in [7, 11) is 0. The molecule has 1 aromatic carbocycles. The standard InChI is InChI=1S/C25H27N7O/c1-5-31-20(23-27-30-32(29-23)15-16-9-7-6-8-10-16)18-11-12-19-24(2,3)22(33)17(14-26)13-25(19,4)21(18)28-31/h6-10,13,19H,5,11-12,15H2,1-4H3. The molecule has 0 N–H and O–H groups in total. The number of ketones is 1. The fourth-order valence-electron chi connectivity index (χ4n) is 5.79. The molecule has 3 aromatic rings. The number of fused-ring (bicyclic) bond motifs is 3. The monoisotopic (exact) mass is 441 g/mol. The zero-order valence-electron chi connectivity index (χ0n) is 19.4. The Balaban J connectivity index is 1.61. The minimum atomic E-state index is -0.626. The SMILES string of the molecule is CCn1nc2c(c1-c1nnn(Cc3ccccc3)n1)CCC1C(C)(C)C(=O)C(C#N)=CC21C. The number of hydrogen-bond acceptors (Lipinski definition) is 6. The van der Waals surface area contributed by atoms with Crippen LogP contribution in [0.4, 0.5) is 0 Å². The van der Waals surface area contributed by atoms with Gasteiger partial charge in [0, 0.05) is 22.9 Å².